The van der Waals surface area contributed by atoms with Crippen LogP contribution in [-0.4, -0.2) is 24.5 Å². The number of carbonyl (C=O) groups excluding carboxylic acids is 1. The molecule has 0 spiro atoms. The number of hydrogen-bond donors (Lipinski definition) is 2. The third-order valence-electron chi connectivity index (χ3n) is 4.81. The monoisotopic (exact) mass is 498 g/mol. The summed E-state index contributed by atoms with van der Waals surface area (Å²) in [4.78, 5) is 12.9. The lowest BCUT2D eigenvalue weighted by Gasteiger charge is -2.12. The number of hydrogen-bond acceptors (Lipinski definition) is 6. The third-order valence-corrected chi connectivity index (χ3v) is 7.33. The molecule has 168 valence electrons. The van der Waals surface area contributed by atoms with Crippen molar-refractivity contribution in [3.05, 3.63) is 88.4 Å². The summed E-state index contributed by atoms with van der Waals surface area (Å²) in [6.07, 6.45) is 0. The second-order valence-corrected chi connectivity index (χ2v) is 10.4. The van der Waals surface area contributed by atoms with Gasteiger partial charge in [0, 0.05) is 16.1 Å². The minimum Gasteiger partial charge on any atom is -0.296 e. The standard InChI is InChI=1S/C23H19ClN4O3S2/c1-14-3-11-19(12-4-14)33(30,31)28-20-13-17(6-5-15(20)2)21(29)25-23-27-26-22(32-23)16-7-9-18(24)10-8-16/h3-13,28H,1-2H3,(H,25,27,29). The summed E-state index contributed by atoms with van der Waals surface area (Å²) in [7, 11) is -3.80. The minimum atomic E-state index is -3.80. The van der Waals surface area contributed by atoms with Gasteiger partial charge in [-0.3, -0.25) is 14.8 Å². The normalized spacial score (nSPS) is 11.2. The fourth-order valence-electron chi connectivity index (χ4n) is 2.95. The lowest BCUT2D eigenvalue weighted by molar-refractivity contribution is 0.102. The van der Waals surface area contributed by atoms with Crippen molar-refractivity contribution in [2.24, 2.45) is 0 Å². The number of aromatic nitrogens is 2. The number of halogens is 1. The van der Waals surface area contributed by atoms with Crippen molar-refractivity contribution in [1.82, 2.24) is 10.2 Å². The highest BCUT2D eigenvalue weighted by molar-refractivity contribution is 7.92. The molecule has 0 unspecified atom stereocenters. The molecule has 0 saturated carbocycles. The minimum absolute atomic E-state index is 0.144. The second kappa shape index (κ2) is 9.30. The zero-order valence-electron chi connectivity index (χ0n) is 17.7. The first-order chi connectivity index (χ1) is 15.7. The van der Waals surface area contributed by atoms with E-state index >= 15 is 0 Å². The highest BCUT2D eigenvalue weighted by atomic mass is 35.5. The van der Waals surface area contributed by atoms with Gasteiger partial charge in [-0.15, -0.1) is 10.2 Å². The SMILES string of the molecule is Cc1ccc(S(=O)(=O)Nc2cc(C(=O)Nc3nnc(-c4ccc(Cl)cc4)s3)ccc2C)cc1. The van der Waals surface area contributed by atoms with E-state index in [4.69, 9.17) is 11.6 Å². The van der Waals surface area contributed by atoms with Crippen LogP contribution in [0.3, 0.4) is 0 Å². The van der Waals surface area contributed by atoms with Gasteiger partial charge < -0.3 is 0 Å². The average molecular weight is 499 g/mol. The van der Waals surface area contributed by atoms with Gasteiger partial charge in [0.1, 0.15) is 5.01 Å². The van der Waals surface area contributed by atoms with Crippen LogP contribution in [-0.2, 0) is 10.0 Å². The van der Waals surface area contributed by atoms with Gasteiger partial charge in [0.15, 0.2) is 0 Å². The molecule has 0 fully saturated rings. The quantitative estimate of drug-likeness (QED) is 0.364. The van der Waals surface area contributed by atoms with Gasteiger partial charge in [0.05, 0.1) is 10.6 Å². The molecule has 0 aliphatic heterocycles. The Kier molecular flexibility index (Phi) is 6.46. The van der Waals surface area contributed by atoms with Crippen molar-refractivity contribution in [2.45, 2.75) is 18.7 Å². The van der Waals surface area contributed by atoms with E-state index in [1.165, 1.54) is 29.5 Å². The highest BCUT2D eigenvalue weighted by Gasteiger charge is 2.17. The van der Waals surface area contributed by atoms with Crippen molar-refractivity contribution in [2.75, 3.05) is 10.0 Å². The van der Waals surface area contributed by atoms with E-state index in [2.05, 4.69) is 20.2 Å². The van der Waals surface area contributed by atoms with E-state index in [1.54, 1.807) is 43.3 Å². The molecule has 0 radical (unpaired) electrons. The van der Waals surface area contributed by atoms with Crippen LogP contribution in [0.1, 0.15) is 21.5 Å². The molecule has 0 saturated heterocycles. The first kappa shape index (κ1) is 22.9. The summed E-state index contributed by atoms with van der Waals surface area (Å²) >= 11 is 7.14. The van der Waals surface area contributed by atoms with Crippen molar-refractivity contribution in [1.29, 1.82) is 0 Å². The van der Waals surface area contributed by atoms with E-state index < -0.39 is 15.9 Å². The van der Waals surface area contributed by atoms with Crippen LogP contribution in [0.4, 0.5) is 10.8 Å². The largest absolute Gasteiger partial charge is 0.296 e. The molecule has 0 bridgehead atoms. The second-order valence-electron chi connectivity index (χ2n) is 7.32. The molecule has 10 heteroatoms. The molecular formula is C23H19ClN4O3S2. The van der Waals surface area contributed by atoms with Crippen molar-refractivity contribution >= 4 is 49.7 Å². The van der Waals surface area contributed by atoms with E-state index in [0.29, 0.717) is 26.4 Å². The van der Waals surface area contributed by atoms with Gasteiger partial charge in [-0.25, -0.2) is 8.42 Å². The lowest BCUT2D eigenvalue weighted by atomic mass is 10.1. The Balaban J connectivity index is 1.52. The first-order valence-electron chi connectivity index (χ1n) is 9.82. The van der Waals surface area contributed by atoms with E-state index in [0.717, 1.165) is 11.1 Å². The number of sulfonamides is 1. The number of nitrogens with zero attached hydrogens (tertiary/aromatic N) is 2. The number of carbonyl (C=O) groups is 1. The van der Waals surface area contributed by atoms with Crippen molar-refractivity contribution in [3.63, 3.8) is 0 Å². The number of benzene rings is 3. The van der Waals surface area contributed by atoms with Crippen LogP contribution in [0.2, 0.25) is 5.02 Å². The molecule has 7 nitrogen and oxygen atoms in total. The van der Waals surface area contributed by atoms with Crippen LogP contribution < -0.4 is 10.0 Å². The molecule has 1 amide bonds. The molecule has 1 aromatic heterocycles. The zero-order valence-corrected chi connectivity index (χ0v) is 20.1. The smallest absolute Gasteiger partial charge is 0.261 e. The molecule has 0 aliphatic rings. The summed E-state index contributed by atoms with van der Waals surface area (Å²) in [6, 6.07) is 18.5. The lowest BCUT2D eigenvalue weighted by Crippen LogP contribution is -2.16. The Labute approximate surface area is 200 Å². The van der Waals surface area contributed by atoms with Gasteiger partial charge in [0.25, 0.3) is 15.9 Å². The molecule has 4 rings (SSSR count). The number of anilines is 2. The maximum atomic E-state index is 12.8. The van der Waals surface area contributed by atoms with E-state index in [1.807, 2.05) is 19.1 Å². The molecular weight excluding hydrogens is 480 g/mol. The van der Waals surface area contributed by atoms with Crippen LogP contribution in [0.25, 0.3) is 10.6 Å². The third kappa shape index (κ3) is 5.39. The van der Waals surface area contributed by atoms with Gasteiger partial charge in [-0.1, -0.05) is 58.8 Å². The zero-order chi connectivity index (χ0) is 23.6. The average Bonchev–Trinajstić information content (AvgIpc) is 3.24. The molecule has 0 aliphatic carbocycles. The molecule has 2 N–H and O–H groups in total. The first-order valence-corrected chi connectivity index (χ1v) is 12.5. The summed E-state index contributed by atoms with van der Waals surface area (Å²) in [6.45, 7) is 3.64. The summed E-state index contributed by atoms with van der Waals surface area (Å²) in [5.74, 6) is -0.426. The molecule has 3 aromatic carbocycles. The van der Waals surface area contributed by atoms with Crippen molar-refractivity contribution < 1.29 is 13.2 Å². The maximum absolute atomic E-state index is 12.8. The number of amides is 1. The Bertz CT molecular complexity index is 1420. The fraction of sp³-hybridized carbons (Fsp3) is 0.0870. The van der Waals surface area contributed by atoms with Gasteiger partial charge in [0.2, 0.25) is 5.13 Å². The van der Waals surface area contributed by atoms with Gasteiger partial charge >= 0.3 is 0 Å². The predicted molar refractivity (Wildman–Crippen MR) is 131 cm³/mol. The summed E-state index contributed by atoms with van der Waals surface area (Å²) in [5.41, 5.74) is 3.08. The van der Waals surface area contributed by atoms with Gasteiger partial charge in [-0.2, -0.15) is 0 Å². The van der Waals surface area contributed by atoms with Gasteiger partial charge in [-0.05, 0) is 55.8 Å². The highest BCUT2D eigenvalue weighted by Crippen LogP contribution is 2.28. The van der Waals surface area contributed by atoms with Crippen molar-refractivity contribution in [3.8, 4) is 10.6 Å². The summed E-state index contributed by atoms with van der Waals surface area (Å²) in [5, 5.41) is 12.4. The van der Waals surface area contributed by atoms with Crippen LogP contribution in [0, 0.1) is 13.8 Å². The summed E-state index contributed by atoms with van der Waals surface area (Å²) < 4.78 is 28.1. The predicted octanol–water partition coefficient (Wildman–Crippen LogP) is 5.53. The molecule has 1 heterocycles. The molecule has 33 heavy (non-hydrogen) atoms. The Morgan fingerprint density at radius 1 is 0.939 bits per heavy atom. The van der Waals surface area contributed by atoms with Crippen LogP contribution >= 0.6 is 22.9 Å². The number of nitrogens with one attached hydrogen (secondary N) is 2. The topological polar surface area (TPSA) is 101 Å². The van der Waals surface area contributed by atoms with E-state index in [-0.39, 0.29) is 10.5 Å². The molecule has 4 aromatic rings. The van der Waals surface area contributed by atoms with E-state index in [9.17, 15) is 13.2 Å². The van der Waals surface area contributed by atoms with Crippen LogP contribution in [0.15, 0.2) is 71.6 Å². The number of aryl methyl sites for hydroxylation is 2. The molecule has 0 atom stereocenters. The Morgan fingerprint density at radius 2 is 1.64 bits per heavy atom. The van der Waals surface area contributed by atoms with Crippen LogP contribution in [0.5, 0.6) is 0 Å². The Morgan fingerprint density at radius 3 is 2.33 bits per heavy atom. The fourth-order valence-corrected chi connectivity index (χ4v) is 4.94. The Hall–Kier alpha value is -3.27. The maximum Gasteiger partial charge on any atom is 0.261 e. The number of rotatable bonds is 6.